The van der Waals surface area contributed by atoms with Crippen molar-refractivity contribution >= 4 is 69.8 Å². The Morgan fingerprint density at radius 1 is 0.786 bits per heavy atom. The topological polar surface area (TPSA) is 0 Å². The first kappa shape index (κ1) is 13.1. The molecule has 14 heavy (non-hydrogen) atoms. The van der Waals surface area contributed by atoms with Gasteiger partial charge in [0.15, 0.2) is 0 Å². The van der Waals surface area contributed by atoms with Crippen LogP contribution in [0.4, 0.5) is 0 Å². The predicted octanol–water partition coefficient (Wildman–Crippen LogP) is 5.88. The van der Waals surface area contributed by atoms with Crippen LogP contribution in [0.5, 0.6) is 0 Å². The fourth-order valence-electron chi connectivity index (χ4n) is 0.814. The van der Waals surface area contributed by atoms with Crippen molar-refractivity contribution in [2.75, 3.05) is 5.75 Å². The third-order valence-electron chi connectivity index (χ3n) is 1.42. The Kier molecular flexibility index (Phi) is 5.03. The van der Waals surface area contributed by atoms with Crippen LogP contribution in [0.2, 0.25) is 25.1 Å². The lowest BCUT2D eigenvalue weighted by atomic mass is 10.3. The molecule has 1 aromatic carbocycles. The number of rotatable bonds is 2. The maximum atomic E-state index is 5.95. The Morgan fingerprint density at radius 2 is 1.14 bits per heavy atom. The Hall–Kier alpha value is 1.02. The lowest BCUT2D eigenvalue weighted by Crippen LogP contribution is -1.84. The van der Waals surface area contributed by atoms with Crippen molar-refractivity contribution in [3.8, 4) is 0 Å². The van der Waals surface area contributed by atoms with Crippen LogP contribution >= 0.6 is 69.8 Å². The molecule has 77 valence electrons. The Balaban J connectivity index is 3.43. The van der Waals surface area contributed by atoms with E-state index in [0.717, 1.165) is 0 Å². The van der Waals surface area contributed by atoms with Gasteiger partial charge in [-0.1, -0.05) is 58.0 Å². The van der Waals surface area contributed by atoms with E-state index in [4.69, 9.17) is 58.0 Å². The van der Waals surface area contributed by atoms with Crippen molar-refractivity contribution in [3.05, 3.63) is 32.0 Å². The zero-order valence-electron chi connectivity index (χ0n) is 6.71. The summed E-state index contributed by atoms with van der Waals surface area (Å²) in [7, 11) is 0. The summed E-state index contributed by atoms with van der Waals surface area (Å²) in [5.41, 5.74) is 0. The Labute approximate surface area is 112 Å². The molecule has 0 nitrogen and oxygen atoms in total. The van der Waals surface area contributed by atoms with E-state index in [2.05, 4.69) is 6.92 Å². The number of thioether (sulfide) groups is 1. The first-order valence-corrected chi connectivity index (χ1v) is 6.31. The van der Waals surface area contributed by atoms with Gasteiger partial charge < -0.3 is 0 Å². The zero-order chi connectivity index (χ0) is 10.9. The lowest BCUT2D eigenvalue weighted by Gasteiger charge is -2.10. The Morgan fingerprint density at radius 3 is 1.50 bits per heavy atom. The maximum Gasteiger partial charge on any atom is 0.0809 e. The van der Waals surface area contributed by atoms with Gasteiger partial charge in [0.05, 0.1) is 25.1 Å². The molecule has 1 radical (unpaired) electrons. The summed E-state index contributed by atoms with van der Waals surface area (Å²) in [4.78, 5) is 0.614. The highest BCUT2D eigenvalue weighted by Crippen LogP contribution is 2.47. The highest BCUT2D eigenvalue weighted by Gasteiger charge is 2.18. The quantitative estimate of drug-likeness (QED) is 0.373. The molecule has 0 saturated heterocycles. The second-order valence-corrected chi connectivity index (χ2v) is 5.24. The highest BCUT2D eigenvalue weighted by molar-refractivity contribution is 7.99. The second-order valence-electron chi connectivity index (χ2n) is 2.25. The standard InChI is InChI=1S/C8H4Cl5S/c1-2-14-8-6(12)4(10)3(9)5(11)7(8)13/h1-2H2. The van der Waals surface area contributed by atoms with Crippen LogP contribution in [0.15, 0.2) is 4.90 Å². The van der Waals surface area contributed by atoms with Crippen LogP contribution in [-0.4, -0.2) is 5.75 Å². The monoisotopic (exact) mass is 307 g/mol. The molecule has 0 aromatic heterocycles. The van der Waals surface area contributed by atoms with Gasteiger partial charge in [-0.3, -0.25) is 0 Å². The van der Waals surface area contributed by atoms with E-state index < -0.39 is 0 Å². The number of hydrogen-bond donors (Lipinski definition) is 0. The van der Waals surface area contributed by atoms with Gasteiger partial charge in [0, 0.05) is 4.90 Å². The van der Waals surface area contributed by atoms with E-state index in [-0.39, 0.29) is 15.1 Å². The summed E-state index contributed by atoms with van der Waals surface area (Å²) in [6.07, 6.45) is 0. The van der Waals surface area contributed by atoms with Crippen molar-refractivity contribution < 1.29 is 0 Å². The predicted molar refractivity (Wildman–Crippen MR) is 67.6 cm³/mol. The van der Waals surface area contributed by atoms with Crippen LogP contribution in [0.25, 0.3) is 0 Å². The molecule has 0 N–H and O–H groups in total. The normalized spacial score (nSPS) is 10.7. The molecule has 0 spiro atoms. The first-order valence-electron chi connectivity index (χ1n) is 3.44. The van der Waals surface area contributed by atoms with Gasteiger partial charge in [0.1, 0.15) is 0 Å². The van der Waals surface area contributed by atoms with Crippen LogP contribution in [0, 0.1) is 6.92 Å². The average Bonchev–Trinajstić information content (AvgIpc) is 2.19. The van der Waals surface area contributed by atoms with Gasteiger partial charge in [-0.15, -0.1) is 11.8 Å². The third kappa shape index (κ3) is 2.40. The van der Waals surface area contributed by atoms with Crippen molar-refractivity contribution in [3.63, 3.8) is 0 Å². The molecule has 6 heteroatoms. The minimum Gasteiger partial charge on any atom is -0.123 e. The Bertz CT molecular complexity index is 334. The van der Waals surface area contributed by atoms with E-state index >= 15 is 0 Å². The molecule has 0 aliphatic rings. The molecule has 0 fully saturated rings. The third-order valence-corrected chi connectivity index (χ3v) is 4.82. The summed E-state index contributed by atoms with van der Waals surface area (Å²) >= 11 is 30.8. The summed E-state index contributed by atoms with van der Waals surface area (Å²) in [6.45, 7) is 3.67. The smallest absolute Gasteiger partial charge is 0.0809 e. The maximum absolute atomic E-state index is 5.95. The number of benzene rings is 1. The van der Waals surface area contributed by atoms with Crippen molar-refractivity contribution in [2.24, 2.45) is 0 Å². The molecule has 1 aromatic rings. The molecule has 0 unspecified atom stereocenters. The molecule has 0 atom stereocenters. The van der Waals surface area contributed by atoms with E-state index in [9.17, 15) is 0 Å². The van der Waals surface area contributed by atoms with Crippen LogP contribution in [0.3, 0.4) is 0 Å². The zero-order valence-corrected chi connectivity index (χ0v) is 11.3. The van der Waals surface area contributed by atoms with Gasteiger partial charge in [-0.2, -0.15) is 0 Å². The molecule has 0 saturated carbocycles. The molecule has 0 aliphatic heterocycles. The molecule has 0 aliphatic carbocycles. The van der Waals surface area contributed by atoms with E-state index in [0.29, 0.717) is 20.7 Å². The molecular weight excluding hydrogens is 305 g/mol. The fraction of sp³-hybridized carbons (Fsp3) is 0.125. The van der Waals surface area contributed by atoms with Crippen LogP contribution < -0.4 is 0 Å². The molecule has 0 bridgehead atoms. The van der Waals surface area contributed by atoms with Gasteiger partial charge in [0.2, 0.25) is 0 Å². The molecule has 0 amide bonds. The minimum absolute atomic E-state index is 0.178. The van der Waals surface area contributed by atoms with Gasteiger partial charge in [-0.05, 0) is 12.7 Å². The van der Waals surface area contributed by atoms with Crippen molar-refractivity contribution in [1.82, 2.24) is 0 Å². The van der Waals surface area contributed by atoms with E-state index in [1.54, 1.807) is 0 Å². The summed E-state index contributed by atoms with van der Waals surface area (Å²) < 4.78 is 0. The molecule has 1 rings (SSSR count). The number of hydrogen-bond acceptors (Lipinski definition) is 1. The van der Waals surface area contributed by atoms with Crippen LogP contribution in [0.1, 0.15) is 0 Å². The van der Waals surface area contributed by atoms with Gasteiger partial charge in [-0.25, -0.2) is 0 Å². The SMILES string of the molecule is [CH2]CSc1c(Cl)c(Cl)c(Cl)c(Cl)c1Cl. The van der Waals surface area contributed by atoms with Crippen LogP contribution in [-0.2, 0) is 0 Å². The van der Waals surface area contributed by atoms with E-state index in [1.165, 1.54) is 11.8 Å². The van der Waals surface area contributed by atoms with Gasteiger partial charge in [0.25, 0.3) is 0 Å². The summed E-state index contributed by atoms with van der Waals surface area (Å²) in [5, 5.41) is 1.26. The second kappa shape index (κ2) is 5.38. The molecular formula is C8H4Cl5S. The average molecular weight is 309 g/mol. The summed E-state index contributed by atoms with van der Waals surface area (Å²) in [6, 6.07) is 0. The first-order chi connectivity index (χ1) is 6.50. The summed E-state index contributed by atoms with van der Waals surface area (Å²) in [5.74, 6) is 0.577. The number of halogens is 5. The highest BCUT2D eigenvalue weighted by atomic mass is 35.5. The fourth-order valence-corrected chi connectivity index (χ4v) is 3.05. The molecule has 0 heterocycles. The van der Waals surface area contributed by atoms with Crippen molar-refractivity contribution in [1.29, 1.82) is 0 Å². The largest absolute Gasteiger partial charge is 0.123 e. The van der Waals surface area contributed by atoms with Gasteiger partial charge >= 0.3 is 0 Å². The minimum atomic E-state index is 0.178. The van der Waals surface area contributed by atoms with E-state index in [1.807, 2.05) is 0 Å². The lowest BCUT2D eigenvalue weighted by molar-refractivity contribution is 1.45. The van der Waals surface area contributed by atoms with Crippen molar-refractivity contribution in [2.45, 2.75) is 4.90 Å².